The second-order valence-corrected chi connectivity index (χ2v) is 3.83. The zero-order valence-corrected chi connectivity index (χ0v) is 9.29. The Kier molecular flexibility index (Phi) is 3.17. The molecule has 0 unspecified atom stereocenters. The Morgan fingerprint density at radius 1 is 1.43 bits per heavy atom. The minimum absolute atomic E-state index is 0.673. The lowest BCUT2D eigenvalue weighted by atomic mass is 9.91. The van der Waals surface area contributed by atoms with E-state index in [4.69, 9.17) is 4.74 Å². The van der Waals surface area contributed by atoms with E-state index in [0.29, 0.717) is 6.42 Å². The van der Waals surface area contributed by atoms with Crippen LogP contribution >= 0.6 is 0 Å². The molecule has 0 spiro atoms. The van der Waals surface area contributed by atoms with E-state index in [0.717, 1.165) is 16.9 Å². The molecular weight excluding hydrogens is 176 g/mol. The summed E-state index contributed by atoms with van der Waals surface area (Å²) >= 11 is 0. The normalized spacial score (nSPS) is 14.9. The van der Waals surface area contributed by atoms with Crippen LogP contribution in [0.1, 0.15) is 31.4 Å². The van der Waals surface area contributed by atoms with Gasteiger partial charge in [0.1, 0.15) is 5.75 Å². The van der Waals surface area contributed by atoms with Crippen molar-refractivity contribution in [3.8, 4) is 5.75 Å². The van der Waals surface area contributed by atoms with E-state index in [-0.39, 0.29) is 0 Å². The molecule has 0 amide bonds. The van der Waals surface area contributed by atoms with Gasteiger partial charge in [0.2, 0.25) is 0 Å². The lowest BCUT2D eigenvalue weighted by Crippen LogP contribution is -2.20. The van der Waals surface area contributed by atoms with Gasteiger partial charge in [-0.3, -0.25) is 0 Å². The van der Waals surface area contributed by atoms with Gasteiger partial charge in [-0.15, -0.1) is 0 Å². The third-order valence-corrected chi connectivity index (χ3v) is 2.62. The zero-order chi connectivity index (χ0) is 10.8. The standard InChI is InChI=1S/C12H18O2/c1-5-12(3,13)10-8-9(2)6-7-11(10)14-4/h6-8,13H,5H2,1-4H3/t12-/m0/s1. The zero-order valence-electron chi connectivity index (χ0n) is 9.29. The second kappa shape index (κ2) is 4.01. The molecule has 1 aromatic carbocycles. The lowest BCUT2D eigenvalue weighted by molar-refractivity contribution is 0.0504. The molecule has 0 bridgehead atoms. The highest BCUT2D eigenvalue weighted by molar-refractivity contribution is 5.40. The smallest absolute Gasteiger partial charge is 0.124 e. The first-order valence-electron chi connectivity index (χ1n) is 4.88. The predicted octanol–water partition coefficient (Wildman–Crippen LogP) is 2.62. The Hall–Kier alpha value is -1.02. The molecule has 0 fully saturated rings. The number of hydrogen-bond donors (Lipinski definition) is 1. The summed E-state index contributed by atoms with van der Waals surface area (Å²) in [4.78, 5) is 0. The van der Waals surface area contributed by atoms with Gasteiger partial charge in [-0.2, -0.15) is 0 Å². The summed E-state index contributed by atoms with van der Waals surface area (Å²) in [6.07, 6.45) is 0.673. The van der Waals surface area contributed by atoms with Gasteiger partial charge in [-0.05, 0) is 32.4 Å². The number of ether oxygens (including phenoxy) is 1. The van der Waals surface area contributed by atoms with Crippen molar-refractivity contribution in [2.24, 2.45) is 0 Å². The van der Waals surface area contributed by atoms with Gasteiger partial charge in [0.25, 0.3) is 0 Å². The quantitative estimate of drug-likeness (QED) is 0.801. The summed E-state index contributed by atoms with van der Waals surface area (Å²) in [7, 11) is 1.62. The van der Waals surface area contributed by atoms with Crippen LogP contribution in [-0.2, 0) is 5.60 Å². The van der Waals surface area contributed by atoms with Crippen molar-refractivity contribution in [3.63, 3.8) is 0 Å². The van der Waals surface area contributed by atoms with E-state index in [9.17, 15) is 5.11 Å². The molecule has 1 aromatic rings. The van der Waals surface area contributed by atoms with Crippen LogP contribution in [-0.4, -0.2) is 12.2 Å². The predicted molar refractivity (Wildman–Crippen MR) is 57.6 cm³/mol. The molecule has 0 radical (unpaired) electrons. The first-order valence-corrected chi connectivity index (χ1v) is 4.88. The number of aliphatic hydroxyl groups is 1. The molecule has 1 rings (SSSR count). The Balaban J connectivity index is 3.23. The molecule has 0 aliphatic rings. The maximum absolute atomic E-state index is 10.2. The van der Waals surface area contributed by atoms with Crippen LogP contribution in [0.15, 0.2) is 18.2 Å². The van der Waals surface area contributed by atoms with Crippen molar-refractivity contribution < 1.29 is 9.84 Å². The van der Waals surface area contributed by atoms with E-state index in [1.54, 1.807) is 7.11 Å². The molecule has 14 heavy (non-hydrogen) atoms. The fraction of sp³-hybridized carbons (Fsp3) is 0.500. The number of rotatable bonds is 3. The third kappa shape index (κ3) is 2.07. The van der Waals surface area contributed by atoms with E-state index in [2.05, 4.69) is 0 Å². The van der Waals surface area contributed by atoms with Crippen LogP contribution in [0.2, 0.25) is 0 Å². The van der Waals surface area contributed by atoms with Crippen LogP contribution in [0.5, 0.6) is 5.75 Å². The highest BCUT2D eigenvalue weighted by atomic mass is 16.5. The monoisotopic (exact) mass is 194 g/mol. The van der Waals surface area contributed by atoms with Gasteiger partial charge in [0.15, 0.2) is 0 Å². The lowest BCUT2D eigenvalue weighted by Gasteiger charge is -2.24. The largest absolute Gasteiger partial charge is 0.496 e. The number of methoxy groups -OCH3 is 1. The maximum Gasteiger partial charge on any atom is 0.124 e. The summed E-state index contributed by atoms with van der Waals surface area (Å²) in [5, 5.41) is 10.2. The van der Waals surface area contributed by atoms with E-state index in [1.807, 2.05) is 39.0 Å². The highest BCUT2D eigenvalue weighted by Gasteiger charge is 2.24. The van der Waals surface area contributed by atoms with Crippen molar-refractivity contribution in [2.45, 2.75) is 32.8 Å². The maximum atomic E-state index is 10.2. The molecule has 1 atom stereocenters. The van der Waals surface area contributed by atoms with Crippen LogP contribution in [0.4, 0.5) is 0 Å². The summed E-state index contributed by atoms with van der Waals surface area (Å²) in [5.74, 6) is 0.752. The average Bonchev–Trinajstić information content (AvgIpc) is 2.18. The van der Waals surface area contributed by atoms with Crippen molar-refractivity contribution in [3.05, 3.63) is 29.3 Å². The Morgan fingerprint density at radius 3 is 2.57 bits per heavy atom. The molecule has 78 valence electrons. The number of hydrogen-bond acceptors (Lipinski definition) is 2. The van der Waals surface area contributed by atoms with Gasteiger partial charge in [-0.25, -0.2) is 0 Å². The average molecular weight is 194 g/mol. The highest BCUT2D eigenvalue weighted by Crippen LogP contribution is 2.32. The van der Waals surface area contributed by atoms with Gasteiger partial charge < -0.3 is 9.84 Å². The van der Waals surface area contributed by atoms with Crippen molar-refractivity contribution in [1.82, 2.24) is 0 Å². The second-order valence-electron chi connectivity index (χ2n) is 3.83. The molecule has 0 aliphatic heterocycles. The fourth-order valence-electron chi connectivity index (χ4n) is 1.43. The minimum Gasteiger partial charge on any atom is -0.496 e. The molecule has 0 saturated heterocycles. The van der Waals surface area contributed by atoms with Crippen LogP contribution in [0.25, 0.3) is 0 Å². The fourth-order valence-corrected chi connectivity index (χ4v) is 1.43. The Bertz CT molecular complexity index is 316. The van der Waals surface area contributed by atoms with Crippen LogP contribution in [0.3, 0.4) is 0 Å². The summed E-state index contributed by atoms with van der Waals surface area (Å²) in [6, 6.07) is 5.85. The minimum atomic E-state index is -0.808. The van der Waals surface area contributed by atoms with Crippen molar-refractivity contribution in [2.75, 3.05) is 7.11 Å². The van der Waals surface area contributed by atoms with Gasteiger partial charge in [0, 0.05) is 5.56 Å². The topological polar surface area (TPSA) is 29.5 Å². The van der Waals surface area contributed by atoms with E-state index in [1.165, 1.54) is 0 Å². The molecule has 0 saturated carbocycles. The number of aryl methyl sites for hydroxylation is 1. The molecular formula is C12H18O2. The van der Waals surface area contributed by atoms with Gasteiger partial charge >= 0.3 is 0 Å². The molecule has 2 heteroatoms. The molecule has 2 nitrogen and oxygen atoms in total. The van der Waals surface area contributed by atoms with Gasteiger partial charge in [-0.1, -0.05) is 18.6 Å². The van der Waals surface area contributed by atoms with Gasteiger partial charge in [0.05, 0.1) is 12.7 Å². The molecule has 0 aliphatic carbocycles. The Morgan fingerprint density at radius 2 is 2.07 bits per heavy atom. The van der Waals surface area contributed by atoms with E-state index < -0.39 is 5.60 Å². The van der Waals surface area contributed by atoms with Crippen molar-refractivity contribution >= 4 is 0 Å². The first kappa shape index (κ1) is 11.1. The molecule has 1 N–H and O–H groups in total. The third-order valence-electron chi connectivity index (χ3n) is 2.62. The SMILES string of the molecule is CC[C@](C)(O)c1cc(C)ccc1OC. The molecule has 0 aromatic heterocycles. The number of benzene rings is 1. The summed E-state index contributed by atoms with van der Waals surface area (Å²) in [6.45, 7) is 5.78. The summed E-state index contributed by atoms with van der Waals surface area (Å²) in [5.41, 5.74) is 1.19. The first-order chi connectivity index (χ1) is 6.51. The Labute approximate surface area is 85.5 Å². The summed E-state index contributed by atoms with van der Waals surface area (Å²) < 4.78 is 5.23. The van der Waals surface area contributed by atoms with Crippen LogP contribution < -0.4 is 4.74 Å². The van der Waals surface area contributed by atoms with E-state index >= 15 is 0 Å². The van der Waals surface area contributed by atoms with Crippen LogP contribution in [0, 0.1) is 6.92 Å². The van der Waals surface area contributed by atoms with Crippen molar-refractivity contribution in [1.29, 1.82) is 0 Å². The molecule has 0 heterocycles.